The Bertz CT molecular complexity index is 692. The summed E-state index contributed by atoms with van der Waals surface area (Å²) in [6.07, 6.45) is 4.32. The first kappa shape index (κ1) is 20.8. The van der Waals surface area contributed by atoms with E-state index in [1.165, 1.54) is 5.56 Å². The lowest BCUT2D eigenvalue weighted by molar-refractivity contribution is -0.120. The maximum Gasteiger partial charge on any atom is 0.240 e. The monoisotopic (exact) mass is 383 g/mol. The zero-order valence-corrected chi connectivity index (χ0v) is 16.2. The van der Waals surface area contributed by atoms with Crippen molar-refractivity contribution >= 4 is 15.9 Å². The number of amides is 1. The molecule has 0 atom stereocenters. The van der Waals surface area contributed by atoms with Crippen molar-refractivity contribution in [1.29, 1.82) is 0 Å². The largest absolute Gasteiger partial charge is 0.383 e. The first-order chi connectivity index (χ1) is 12.5. The zero-order valence-electron chi connectivity index (χ0n) is 15.3. The van der Waals surface area contributed by atoms with Gasteiger partial charge in [-0.15, -0.1) is 0 Å². The van der Waals surface area contributed by atoms with E-state index in [0.29, 0.717) is 19.7 Å². The molecule has 0 aliphatic heterocycles. The second-order valence-electron chi connectivity index (χ2n) is 6.38. The van der Waals surface area contributed by atoms with Crippen LogP contribution in [0.3, 0.4) is 0 Å². The number of carbonyl (C=O) groups excluding carboxylic acids is 1. The fourth-order valence-electron chi connectivity index (χ4n) is 2.94. The molecular weight excluding hydrogens is 354 g/mol. The van der Waals surface area contributed by atoms with Crippen LogP contribution in [-0.4, -0.2) is 54.2 Å². The van der Waals surface area contributed by atoms with E-state index in [0.717, 1.165) is 37.8 Å². The van der Waals surface area contributed by atoms with Crippen LogP contribution in [0.1, 0.15) is 30.4 Å². The average molecular weight is 384 g/mol. The van der Waals surface area contributed by atoms with E-state index in [1.807, 2.05) is 6.07 Å². The van der Waals surface area contributed by atoms with E-state index < -0.39 is 10.0 Å². The summed E-state index contributed by atoms with van der Waals surface area (Å²) in [6, 6.07) is 5.33. The van der Waals surface area contributed by atoms with E-state index in [-0.39, 0.29) is 23.8 Å². The third-order valence-electron chi connectivity index (χ3n) is 4.38. The number of rotatable bonds is 11. The lowest BCUT2D eigenvalue weighted by atomic mass is 9.92. The van der Waals surface area contributed by atoms with Crippen LogP contribution in [0.15, 0.2) is 23.1 Å². The highest BCUT2D eigenvalue weighted by Gasteiger charge is 2.17. The topological polar surface area (TPSA) is 96.5 Å². The van der Waals surface area contributed by atoms with Crippen LogP contribution in [-0.2, 0) is 32.4 Å². The molecule has 26 heavy (non-hydrogen) atoms. The van der Waals surface area contributed by atoms with Crippen LogP contribution in [0.5, 0.6) is 0 Å². The van der Waals surface area contributed by atoms with Gasteiger partial charge < -0.3 is 15.4 Å². The maximum atomic E-state index is 12.4. The number of nitrogens with one attached hydrogen (secondary N) is 3. The van der Waals surface area contributed by atoms with Crippen molar-refractivity contribution in [3.8, 4) is 0 Å². The van der Waals surface area contributed by atoms with E-state index in [4.69, 9.17) is 4.74 Å². The minimum Gasteiger partial charge on any atom is -0.383 e. The smallest absolute Gasteiger partial charge is 0.240 e. The second kappa shape index (κ2) is 10.6. The maximum absolute atomic E-state index is 12.4. The Kier molecular flexibility index (Phi) is 8.50. The fraction of sp³-hybridized carbons (Fsp3) is 0.611. The van der Waals surface area contributed by atoms with E-state index in [2.05, 4.69) is 15.4 Å². The number of aryl methyl sites for hydroxylation is 2. The zero-order chi connectivity index (χ0) is 18.8. The fourth-order valence-corrected chi connectivity index (χ4v) is 4.02. The SMILES string of the molecule is COCCNCCNC(=O)CCNS(=O)(=O)c1ccc2c(c1)CCCC2. The molecule has 0 fully saturated rings. The van der Waals surface area contributed by atoms with Gasteiger partial charge in [0, 0.05) is 39.7 Å². The third-order valence-corrected chi connectivity index (χ3v) is 5.84. The molecule has 1 aromatic carbocycles. The predicted octanol–water partition coefficient (Wildman–Crippen LogP) is 0.586. The van der Waals surface area contributed by atoms with E-state index >= 15 is 0 Å². The summed E-state index contributed by atoms with van der Waals surface area (Å²) in [7, 11) is -1.95. The molecule has 0 heterocycles. The van der Waals surface area contributed by atoms with Gasteiger partial charge in [0.25, 0.3) is 0 Å². The van der Waals surface area contributed by atoms with Gasteiger partial charge in [0.05, 0.1) is 11.5 Å². The lowest BCUT2D eigenvalue weighted by Gasteiger charge is -2.16. The summed E-state index contributed by atoms with van der Waals surface area (Å²) >= 11 is 0. The molecule has 0 saturated heterocycles. The number of ether oxygens (including phenoxy) is 1. The van der Waals surface area contributed by atoms with Gasteiger partial charge in [0.1, 0.15) is 0 Å². The standard InChI is InChI=1S/C18H29N3O4S/c1-25-13-12-19-10-11-20-18(22)8-9-21-26(23,24)17-7-6-15-4-2-3-5-16(15)14-17/h6-7,14,19,21H,2-5,8-13H2,1H3,(H,20,22). The lowest BCUT2D eigenvalue weighted by Crippen LogP contribution is -2.35. The number of sulfonamides is 1. The molecule has 3 N–H and O–H groups in total. The molecule has 0 aromatic heterocycles. The molecule has 1 aliphatic carbocycles. The number of hydrogen-bond donors (Lipinski definition) is 3. The number of carbonyl (C=O) groups is 1. The van der Waals surface area contributed by atoms with Crippen LogP contribution < -0.4 is 15.4 Å². The molecule has 0 radical (unpaired) electrons. The Morgan fingerprint density at radius 3 is 2.62 bits per heavy atom. The minimum atomic E-state index is -3.58. The van der Waals surface area contributed by atoms with Crippen molar-refractivity contribution in [3.63, 3.8) is 0 Å². The molecule has 1 aliphatic rings. The van der Waals surface area contributed by atoms with Crippen LogP contribution in [0, 0.1) is 0 Å². The summed E-state index contributed by atoms with van der Waals surface area (Å²) in [5.41, 5.74) is 2.37. The summed E-state index contributed by atoms with van der Waals surface area (Å²) in [4.78, 5) is 12.0. The van der Waals surface area contributed by atoms with Crippen molar-refractivity contribution in [2.75, 3.05) is 39.9 Å². The van der Waals surface area contributed by atoms with Gasteiger partial charge in [-0.2, -0.15) is 0 Å². The van der Waals surface area contributed by atoms with Crippen LogP contribution >= 0.6 is 0 Å². The summed E-state index contributed by atoms with van der Waals surface area (Å²) in [5.74, 6) is -0.174. The Morgan fingerprint density at radius 1 is 1.08 bits per heavy atom. The molecule has 1 amide bonds. The van der Waals surface area contributed by atoms with E-state index in [1.54, 1.807) is 19.2 Å². The first-order valence-corrected chi connectivity index (χ1v) is 10.6. The Balaban J connectivity index is 1.72. The molecule has 0 bridgehead atoms. The quantitative estimate of drug-likeness (QED) is 0.486. The van der Waals surface area contributed by atoms with Crippen molar-refractivity contribution < 1.29 is 17.9 Å². The van der Waals surface area contributed by atoms with Gasteiger partial charge in [0.2, 0.25) is 15.9 Å². The average Bonchev–Trinajstić information content (AvgIpc) is 2.64. The van der Waals surface area contributed by atoms with E-state index in [9.17, 15) is 13.2 Å². The highest BCUT2D eigenvalue weighted by Crippen LogP contribution is 2.23. The Labute approximate surface area is 155 Å². The highest BCUT2D eigenvalue weighted by molar-refractivity contribution is 7.89. The highest BCUT2D eigenvalue weighted by atomic mass is 32.2. The summed E-state index contributed by atoms with van der Waals surface area (Å²) in [6.45, 7) is 2.59. The summed E-state index contributed by atoms with van der Waals surface area (Å²) in [5, 5.41) is 5.87. The molecule has 7 nitrogen and oxygen atoms in total. The van der Waals surface area contributed by atoms with Crippen molar-refractivity contribution in [1.82, 2.24) is 15.4 Å². The first-order valence-electron chi connectivity index (χ1n) is 9.11. The molecule has 0 spiro atoms. The Hall–Kier alpha value is -1.48. The number of fused-ring (bicyclic) bond motifs is 1. The molecule has 0 saturated carbocycles. The van der Waals surface area contributed by atoms with Gasteiger partial charge in [-0.3, -0.25) is 4.79 Å². The van der Waals surface area contributed by atoms with Crippen molar-refractivity contribution in [2.24, 2.45) is 0 Å². The van der Waals surface area contributed by atoms with Gasteiger partial charge >= 0.3 is 0 Å². The van der Waals surface area contributed by atoms with Crippen LogP contribution in [0.4, 0.5) is 0 Å². The normalized spacial score (nSPS) is 14.0. The van der Waals surface area contributed by atoms with Gasteiger partial charge in [-0.05, 0) is 48.9 Å². The van der Waals surface area contributed by atoms with Gasteiger partial charge in [0.15, 0.2) is 0 Å². The van der Waals surface area contributed by atoms with Crippen LogP contribution in [0.2, 0.25) is 0 Å². The number of hydrogen-bond acceptors (Lipinski definition) is 5. The van der Waals surface area contributed by atoms with Crippen LogP contribution in [0.25, 0.3) is 0 Å². The van der Waals surface area contributed by atoms with Gasteiger partial charge in [-0.1, -0.05) is 6.07 Å². The molecule has 2 rings (SSSR count). The molecular formula is C18H29N3O4S. The molecule has 146 valence electrons. The Morgan fingerprint density at radius 2 is 1.85 bits per heavy atom. The predicted molar refractivity (Wildman–Crippen MR) is 101 cm³/mol. The number of methoxy groups -OCH3 is 1. The summed E-state index contributed by atoms with van der Waals surface area (Å²) < 4.78 is 32.2. The van der Waals surface area contributed by atoms with Gasteiger partial charge in [-0.25, -0.2) is 13.1 Å². The molecule has 1 aromatic rings. The molecule has 8 heteroatoms. The third kappa shape index (κ3) is 6.68. The second-order valence-corrected chi connectivity index (χ2v) is 8.15. The van der Waals surface area contributed by atoms with Crippen molar-refractivity contribution in [3.05, 3.63) is 29.3 Å². The van der Waals surface area contributed by atoms with Crippen molar-refractivity contribution in [2.45, 2.75) is 37.0 Å². The molecule has 0 unspecified atom stereocenters. The minimum absolute atomic E-state index is 0.0857. The number of benzene rings is 1.